The zero-order valence-electron chi connectivity index (χ0n) is 19.0. The van der Waals surface area contributed by atoms with Crippen molar-refractivity contribution in [3.8, 4) is 17.2 Å². The molecule has 3 aromatic carbocycles. The lowest BCUT2D eigenvalue weighted by molar-refractivity contribution is 0.0954. The zero-order chi connectivity index (χ0) is 24.3. The van der Waals surface area contributed by atoms with Crippen LogP contribution in [0, 0.1) is 0 Å². The monoisotopic (exact) mass is 544 g/mol. The SMILES string of the molecule is CCCOc1ccc(C(=O)N/N=C/c2ccc(OCc3cccc(Cl)c3)c(Br)c2)cc1OCC. The molecule has 0 aromatic heterocycles. The van der Waals surface area contributed by atoms with E-state index in [-0.39, 0.29) is 5.91 Å². The van der Waals surface area contributed by atoms with Crippen LogP contribution in [0.2, 0.25) is 5.02 Å². The molecule has 0 atom stereocenters. The number of amides is 1. The maximum atomic E-state index is 12.5. The highest BCUT2D eigenvalue weighted by Crippen LogP contribution is 2.29. The molecule has 1 amide bonds. The predicted octanol–water partition coefficient (Wildman–Crippen LogP) is 6.63. The molecule has 0 aliphatic rings. The first-order valence-corrected chi connectivity index (χ1v) is 12.1. The Hall–Kier alpha value is -3.03. The topological polar surface area (TPSA) is 69.2 Å². The van der Waals surface area contributed by atoms with E-state index < -0.39 is 0 Å². The second-order valence-electron chi connectivity index (χ2n) is 7.25. The molecule has 3 aromatic rings. The van der Waals surface area contributed by atoms with Gasteiger partial charge in [-0.1, -0.05) is 30.7 Å². The highest BCUT2D eigenvalue weighted by Gasteiger charge is 2.11. The van der Waals surface area contributed by atoms with Crippen molar-refractivity contribution in [2.45, 2.75) is 26.9 Å². The van der Waals surface area contributed by atoms with Crippen molar-refractivity contribution >= 4 is 39.7 Å². The quantitative estimate of drug-likeness (QED) is 0.217. The van der Waals surface area contributed by atoms with E-state index in [4.69, 9.17) is 25.8 Å². The second-order valence-corrected chi connectivity index (χ2v) is 8.54. The average molecular weight is 546 g/mol. The number of hydrogen-bond donors (Lipinski definition) is 1. The Balaban J connectivity index is 1.59. The Morgan fingerprint density at radius 1 is 1.00 bits per heavy atom. The molecule has 0 fully saturated rings. The summed E-state index contributed by atoms with van der Waals surface area (Å²) in [4.78, 5) is 12.5. The third kappa shape index (κ3) is 7.50. The van der Waals surface area contributed by atoms with Gasteiger partial charge in [0, 0.05) is 10.6 Å². The van der Waals surface area contributed by atoms with Crippen LogP contribution in [0.4, 0.5) is 0 Å². The van der Waals surface area contributed by atoms with Crippen LogP contribution in [0.5, 0.6) is 17.2 Å². The van der Waals surface area contributed by atoms with E-state index in [0.717, 1.165) is 22.0 Å². The van der Waals surface area contributed by atoms with Gasteiger partial charge < -0.3 is 14.2 Å². The molecule has 0 spiro atoms. The van der Waals surface area contributed by atoms with E-state index in [0.29, 0.717) is 47.7 Å². The number of hydrazone groups is 1. The zero-order valence-corrected chi connectivity index (χ0v) is 21.4. The fourth-order valence-electron chi connectivity index (χ4n) is 2.98. The average Bonchev–Trinajstić information content (AvgIpc) is 2.83. The largest absolute Gasteiger partial charge is 0.490 e. The van der Waals surface area contributed by atoms with E-state index in [2.05, 4.69) is 26.5 Å². The van der Waals surface area contributed by atoms with Gasteiger partial charge in [-0.15, -0.1) is 0 Å². The summed E-state index contributed by atoms with van der Waals surface area (Å²) in [7, 11) is 0. The van der Waals surface area contributed by atoms with E-state index >= 15 is 0 Å². The standard InChI is InChI=1S/C26H26BrClN2O4/c1-3-12-33-24-11-9-20(15-25(24)32-4-2)26(31)30-29-16-18-8-10-23(22(27)14-18)34-17-19-6-5-7-21(28)13-19/h5-11,13-16H,3-4,12,17H2,1-2H3,(H,30,31)/b29-16+. The third-order valence-electron chi connectivity index (χ3n) is 4.59. The molecular weight excluding hydrogens is 520 g/mol. The lowest BCUT2D eigenvalue weighted by Crippen LogP contribution is -2.17. The van der Waals surface area contributed by atoms with Crippen LogP contribution < -0.4 is 19.6 Å². The second kappa shape index (κ2) is 13.0. The number of rotatable bonds is 11. The predicted molar refractivity (Wildman–Crippen MR) is 138 cm³/mol. The first kappa shape index (κ1) is 25.6. The molecule has 3 rings (SSSR count). The highest BCUT2D eigenvalue weighted by atomic mass is 79.9. The van der Waals surface area contributed by atoms with Crippen LogP contribution in [0.25, 0.3) is 0 Å². The number of ether oxygens (including phenoxy) is 3. The van der Waals surface area contributed by atoms with Crippen LogP contribution >= 0.6 is 27.5 Å². The summed E-state index contributed by atoms with van der Waals surface area (Å²) >= 11 is 9.53. The molecule has 178 valence electrons. The number of nitrogens with one attached hydrogen (secondary N) is 1. The van der Waals surface area contributed by atoms with Crippen LogP contribution in [-0.2, 0) is 6.61 Å². The van der Waals surface area contributed by atoms with Gasteiger partial charge in [-0.05, 0) is 88.9 Å². The summed E-state index contributed by atoms with van der Waals surface area (Å²) in [6.45, 7) is 5.36. The van der Waals surface area contributed by atoms with Gasteiger partial charge in [-0.2, -0.15) is 5.10 Å². The van der Waals surface area contributed by atoms with Crippen molar-refractivity contribution < 1.29 is 19.0 Å². The van der Waals surface area contributed by atoms with Crippen LogP contribution in [0.3, 0.4) is 0 Å². The van der Waals surface area contributed by atoms with Crippen LogP contribution in [0.15, 0.2) is 70.2 Å². The molecule has 0 saturated heterocycles. The normalized spacial score (nSPS) is 10.8. The summed E-state index contributed by atoms with van der Waals surface area (Å²) in [5.41, 5.74) is 4.74. The molecule has 34 heavy (non-hydrogen) atoms. The molecule has 0 unspecified atom stereocenters. The van der Waals surface area contributed by atoms with E-state index in [9.17, 15) is 4.79 Å². The molecule has 0 aliphatic carbocycles. The number of carbonyl (C=O) groups excluding carboxylic acids is 1. The third-order valence-corrected chi connectivity index (χ3v) is 5.44. The molecule has 1 N–H and O–H groups in total. The van der Waals surface area contributed by atoms with Crippen molar-refractivity contribution in [2.75, 3.05) is 13.2 Å². The molecular formula is C26H26BrClN2O4. The maximum Gasteiger partial charge on any atom is 0.271 e. The Labute approximate surface area is 213 Å². The van der Waals surface area contributed by atoms with Crippen molar-refractivity contribution in [3.05, 3.63) is 86.8 Å². The molecule has 0 radical (unpaired) electrons. The number of nitrogens with zero attached hydrogens (tertiary/aromatic N) is 1. The Morgan fingerprint density at radius 3 is 2.56 bits per heavy atom. The van der Waals surface area contributed by atoms with Gasteiger partial charge in [0.1, 0.15) is 12.4 Å². The maximum absolute atomic E-state index is 12.5. The summed E-state index contributed by atoms with van der Waals surface area (Å²) in [6.07, 6.45) is 2.44. The van der Waals surface area contributed by atoms with Gasteiger partial charge in [0.15, 0.2) is 11.5 Å². The van der Waals surface area contributed by atoms with Gasteiger partial charge >= 0.3 is 0 Å². The number of hydrogen-bond acceptors (Lipinski definition) is 5. The molecule has 0 aliphatic heterocycles. The Bertz CT molecular complexity index is 1150. The van der Waals surface area contributed by atoms with Crippen molar-refractivity contribution in [2.24, 2.45) is 5.10 Å². The van der Waals surface area contributed by atoms with Gasteiger partial charge in [0.05, 0.1) is 23.9 Å². The number of carbonyl (C=O) groups is 1. The number of halogens is 2. The first-order chi connectivity index (χ1) is 16.5. The van der Waals surface area contributed by atoms with Crippen molar-refractivity contribution in [1.29, 1.82) is 0 Å². The Morgan fingerprint density at radius 2 is 1.82 bits per heavy atom. The smallest absolute Gasteiger partial charge is 0.271 e. The lowest BCUT2D eigenvalue weighted by atomic mass is 10.2. The fourth-order valence-corrected chi connectivity index (χ4v) is 3.70. The fraction of sp³-hybridized carbons (Fsp3) is 0.231. The first-order valence-electron chi connectivity index (χ1n) is 10.9. The van der Waals surface area contributed by atoms with E-state index in [1.807, 2.05) is 56.3 Å². The Kier molecular flexibility index (Phi) is 9.79. The summed E-state index contributed by atoms with van der Waals surface area (Å²) in [5, 5.41) is 4.74. The van der Waals surface area contributed by atoms with E-state index in [1.165, 1.54) is 0 Å². The summed E-state index contributed by atoms with van der Waals surface area (Å²) < 4.78 is 17.9. The van der Waals surface area contributed by atoms with Crippen molar-refractivity contribution in [3.63, 3.8) is 0 Å². The molecule has 6 nitrogen and oxygen atoms in total. The molecule has 8 heteroatoms. The van der Waals surface area contributed by atoms with Gasteiger partial charge in [0.25, 0.3) is 5.91 Å². The van der Waals surface area contributed by atoms with Crippen LogP contribution in [0.1, 0.15) is 41.8 Å². The minimum Gasteiger partial charge on any atom is -0.490 e. The highest BCUT2D eigenvalue weighted by molar-refractivity contribution is 9.10. The summed E-state index contributed by atoms with van der Waals surface area (Å²) in [6, 6.07) is 18.1. The van der Waals surface area contributed by atoms with Gasteiger partial charge in [0.2, 0.25) is 0 Å². The van der Waals surface area contributed by atoms with Gasteiger partial charge in [-0.3, -0.25) is 4.79 Å². The minimum atomic E-state index is -0.347. The van der Waals surface area contributed by atoms with Crippen molar-refractivity contribution in [1.82, 2.24) is 5.43 Å². The van der Waals surface area contributed by atoms with Gasteiger partial charge in [-0.25, -0.2) is 5.43 Å². The molecule has 0 heterocycles. The summed E-state index contributed by atoms with van der Waals surface area (Å²) in [5.74, 6) is 1.49. The van der Waals surface area contributed by atoms with Crippen LogP contribution in [-0.4, -0.2) is 25.3 Å². The number of benzene rings is 3. The van der Waals surface area contributed by atoms with E-state index in [1.54, 1.807) is 24.4 Å². The molecule has 0 bridgehead atoms. The minimum absolute atomic E-state index is 0.347. The molecule has 0 saturated carbocycles. The lowest BCUT2D eigenvalue weighted by Gasteiger charge is -2.12.